The third-order valence-electron chi connectivity index (χ3n) is 2.63. The van der Waals surface area contributed by atoms with Crippen molar-refractivity contribution in [2.45, 2.75) is 6.54 Å². The highest BCUT2D eigenvalue weighted by Crippen LogP contribution is 2.23. The van der Waals surface area contributed by atoms with E-state index >= 15 is 0 Å². The van der Waals surface area contributed by atoms with Gasteiger partial charge in [0.25, 0.3) is 0 Å². The van der Waals surface area contributed by atoms with Crippen LogP contribution < -0.4 is 5.32 Å². The molecule has 0 bridgehead atoms. The lowest BCUT2D eigenvalue weighted by molar-refractivity contribution is 0.0696. The zero-order valence-corrected chi connectivity index (χ0v) is 11.1. The number of aromatic carboxylic acids is 1. The number of hydrogen-bond donors (Lipinski definition) is 2. The number of carboxylic acids is 1. The van der Waals surface area contributed by atoms with Gasteiger partial charge in [-0.1, -0.05) is 11.6 Å². The predicted octanol–water partition coefficient (Wildman–Crippen LogP) is 2.92. The molecule has 20 heavy (non-hydrogen) atoms. The Hall–Kier alpha value is -2.58. The number of nitriles is 1. The molecule has 0 amide bonds. The van der Waals surface area contributed by atoms with Gasteiger partial charge in [0, 0.05) is 6.20 Å². The molecule has 0 fully saturated rings. The van der Waals surface area contributed by atoms with Gasteiger partial charge in [0.05, 0.1) is 40.1 Å². The van der Waals surface area contributed by atoms with Crippen molar-refractivity contribution in [3.05, 3.63) is 58.4 Å². The zero-order chi connectivity index (χ0) is 14.5. The smallest absolute Gasteiger partial charge is 0.337 e. The molecule has 2 N–H and O–H groups in total. The summed E-state index contributed by atoms with van der Waals surface area (Å²) in [6.07, 6.45) is 1.30. The van der Waals surface area contributed by atoms with E-state index in [1.165, 1.54) is 12.3 Å². The van der Waals surface area contributed by atoms with Gasteiger partial charge in [-0.25, -0.2) is 4.79 Å². The van der Waals surface area contributed by atoms with Crippen molar-refractivity contribution in [1.29, 1.82) is 5.26 Å². The SMILES string of the molecule is N#Cc1ccc(Cl)c(NCc2ccc(C(=O)O)cn2)c1. The Balaban J connectivity index is 2.09. The van der Waals surface area contributed by atoms with Gasteiger partial charge >= 0.3 is 5.97 Å². The average molecular weight is 288 g/mol. The molecule has 1 aromatic heterocycles. The summed E-state index contributed by atoms with van der Waals surface area (Å²) in [5.74, 6) is -1.01. The van der Waals surface area contributed by atoms with E-state index in [4.69, 9.17) is 22.0 Å². The van der Waals surface area contributed by atoms with Crippen LogP contribution in [0.5, 0.6) is 0 Å². The third kappa shape index (κ3) is 3.25. The molecule has 0 aliphatic rings. The average Bonchev–Trinajstić information content (AvgIpc) is 2.47. The minimum absolute atomic E-state index is 0.137. The van der Waals surface area contributed by atoms with Crippen LogP contribution in [-0.4, -0.2) is 16.1 Å². The Morgan fingerprint density at radius 2 is 2.20 bits per heavy atom. The van der Waals surface area contributed by atoms with Crippen LogP contribution in [0, 0.1) is 11.3 Å². The fourth-order valence-electron chi connectivity index (χ4n) is 1.57. The van der Waals surface area contributed by atoms with Crippen LogP contribution in [0.25, 0.3) is 0 Å². The summed E-state index contributed by atoms with van der Waals surface area (Å²) in [7, 11) is 0. The topological polar surface area (TPSA) is 86.0 Å². The summed E-state index contributed by atoms with van der Waals surface area (Å²) in [6, 6.07) is 10.1. The first-order chi connectivity index (χ1) is 9.60. The highest BCUT2D eigenvalue weighted by molar-refractivity contribution is 6.33. The summed E-state index contributed by atoms with van der Waals surface area (Å²) in [6.45, 7) is 0.383. The van der Waals surface area contributed by atoms with Gasteiger partial charge in [0.1, 0.15) is 0 Å². The van der Waals surface area contributed by atoms with Gasteiger partial charge in [-0.15, -0.1) is 0 Å². The molecule has 0 saturated carbocycles. The fraction of sp³-hybridized carbons (Fsp3) is 0.0714. The molecule has 0 aliphatic carbocycles. The van der Waals surface area contributed by atoms with E-state index in [0.29, 0.717) is 28.5 Å². The van der Waals surface area contributed by atoms with Gasteiger partial charge in [0.2, 0.25) is 0 Å². The van der Waals surface area contributed by atoms with E-state index in [9.17, 15) is 4.79 Å². The molecule has 6 heteroatoms. The second kappa shape index (κ2) is 6.04. The van der Waals surface area contributed by atoms with Gasteiger partial charge < -0.3 is 10.4 Å². The number of nitrogens with one attached hydrogen (secondary N) is 1. The number of aromatic nitrogens is 1. The molecule has 0 atom stereocenters. The maximum Gasteiger partial charge on any atom is 0.337 e. The highest BCUT2D eigenvalue weighted by atomic mass is 35.5. The Morgan fingerprint density at radius 1 is 1.40 bits per heavy atom. The van der Waals surface area contributed by atoms with Crippen LogP contribution >= 0.6 is 11.6 Å². The van der Waals surface area contributed by atoms with Crippen molar-refractivity contribution in [1.82, 2.24) is 4.98 Å². The van der Waals surface area contributed by atoms with Crippen molar-refractivity contribution in [2.24, 2.45) is 0 Å². The van der Waals surface area contributed by atoms with Crippen molar-refractivity contribution in [2.75, 3.05) is 5.32 Å². The number of anilines is 1. The maximum atomic E-state index is 10.7. The van der Waals surface area contributed by atoms with Crippen molar-refractivity contribution in [3.63, 3.8) is 0 Å². The van der Waals surface area contributed by atoms with E-state index in [0.717, 1.165) is 0 Å². The molecule has 1 aromatic carbocycles. The number of rotatable bonds is 4. The third-order valence-corrected chi connectivity index (χ3v) is 2.96. The second-order valence-corrected chi connectivity index (χ2v) is 4.41. The first kappa shape index (κ1) is 13.8. The molecular formula is C14H10ClN3O2. The molecule has 2 rings (SSSR count). The minimum Gasteiger partial charge on any atom is -0.478 e. The Labute approximate surface area is 120 Å². The van der Waals surface area contributed by atoms with Crippen molar-refractivity contribution in [3.8, 4) is 6.07 Å². The van der Waals surface area contributed by atoms with Crippen LogP contribution in [0.3, 0.4) is 0 Å². The molecule has 5 nitrogen and oxygen atoms in total. The number of nitrogens with zero attached hydrogens (tertiary/aromatic N) is 2. The molecule has 100 valence electrons. The Morgan fingerprint density at radius 3 is 2.80 bits per heavy atom. The number of benzene rings is 1. The lowest BCUT2D eigenvalue weighted by atomic mass is 10.2. The van der Waals surface area contributed by atoms with Crippen LogP contribution in [0.1, 0.15) is 21.6 Å². The first-order valence-electron chi connectivity index (χ1n) is 5.72. The largest absolute Gasteiger partial charge is 0.478 e. The van der Waals surface area contributed by atoms with E-state index < -0.39 is 5.97 Å². The van der Waals surface area contributed by atoms with Crippen LogP contribution in [-0.2, 0) is 6.54 Å². The summed E-state index contributed by atoms with van der Waals surface area (Å²) in [5, 5.41) is 21.2. The van der Waals surface area contributed by atoms with Crippen LogP contribution in [0.15, 0.2) is 36.5 Å². The van der Waals surface area contributed by atoms with Gasteiger partial charge in [0.15, 0.2) is 0 Å². The Kier molecular flexibility index (Phi) is 4.18. The van der Waals surface area contributed by atoms with Gasteiger partial charge in [-0.3, -0.25) is 4.98 Å². The summed E-state index contributed by atoms with van der Waals surface area (Å²) in [5.41, 5.74) is 1.95. The molecule has 0 saturated heterocycles. The van der Waals surface area contributed by atoms with Gasteiger partial charge in [-0.2, -0.15) is 5.26 Å². The summed E-state index contributed by atoms with van der Waals surface area (Å²) in [4.78, 5) is 14.7. The zero-order valence-electron chi connectivity index (χ0n) is 10.3. The molecule has 0 aliphatic heterocycles. The molecule has 1 heterocycles. The molecular weight excluding hydrogens is 278 g/mol. The number of halogens is 1. The number of carboxylic acid groups (broad SMARTS) is 1. The normalized spacial score (nSPS) is 9.80. The summed E-state index contributed by atoms with van der Waals surface area (Å²) < 4.78 is 0. The fourth-order valence-corrected chi connectivity index (χ4v) is 1.76. The maximum absolute atomic E-state index is 10.7. The minimum atomic E-state index is -1.01. The van der Waals surface area contributed by atoms with E-state index in [1.807, 2.05) is 6.07 Å². The second-order valence-electron chi connectivity index (χ2n) is 4.00. The number of carbonyl (C=O) groups is 1. The number of pyridine rings is 1. The molecule has 0 radical (unpaired) electrons. The lowest BCUT2D eigenvalue weighted by Crippen LogP contribution is -2.04. The standard InChI is InChI=1S/C14H10ClN3O2/c15-12-4-1-9(6-16)5-13(12)18-8-11-3-2-10(7-17-11)14(19)20/h1-5,7,18H,8H2,(H,19,20). The molecule has 0 spiro atoms. The first-order valence-corrected chi connectivity index (χ1v) is 6.09. The van der Waals surface area contributed by atoms with E-state index in [2.05, 4.69) is 10.3 Å². The lowest BCUT2D eigenvalue weighted by Gasteiger charge is -2.08. The van der Waals surface area contributed by atoms with Crippen molar-refractivity contribution < 1.29 is 9.90 Å². The van der Waals surface area contributed by atoms with Crippen LogP contribution in [0.2, 0.25) is 5.02 Å². The quantitative estimate of drug-likeness (QED) is 0.903. The van der Waals surface area contributed by atoms with Crippen molar-refractivity contribution >= 4 is 23.3 Å². The highest BCUT2D eigenvalue weighted by Gasteiger charge is 2.05. The predicted molar refractivity (Wildman–Crippen MR) is 74.7 cm³/mol. The van der Waals surface area contributed by atoms with E-state index in [1.54, 1.807) is 24.3 Å². The number of hydrogen-bond acceptors (Lipinski definition) is 4. The Bertz CT molecular complexity index is 678. The van der Waals surface area contributed by atoms with E-state index in [-0.39, 0.29) is 5.56 Å². The monoisotopic (exact) mass is 287 g/mol. The van der Waals surface area contributed by atoms with Gasteiger partial charge in [-0.05, 0) is 30.3 Å². The molecule has 2 aromatic rings. The van der Waals surface area contributed by atoms with Crippen LogP contribution in [0.4, 0.5) is 5.69 Å². The summed E-state index contributed by atoms with van der Waals surface area (Å²) >= 11 is 6.02. The molecule has 0 unspecified atom stereocenters.